The Morgan fingerprint density at radius 3 is 2.36 bits per heavy atom. The summed E-state index contributed by atoms with van der Waals surface area (Å²) in [5.41, 5.74) is 1.55. The van der Waals surface area contributed by atoms with Crippen molar-refractivity contribution >= 4 is 17.4 Å². The van der Waals surface area contributed by atoms with E-state index in [2.05, 4.69) is 5.32 Å². The van der Waals surface area contributed by atoms with Crippen molar-refractivity contribution in [1.82, 2.24) is 4.90 Å². The van der Waals surface area contributed by atoms with Gasteiger partial charge in [-0.25, -0.2) is 4.79 Å². The fourth-order valence-electron chi connectivity index (χ4n) is 2.54. The third-order valence-corrected chi connectivity index (χ3v) is 4.09. The van der Waals surface area contributed by atoms with Gasteiger partial charge in [0.2, 0.25) is 0 Å². The number of rotatable bonds is 6. The summed E-state index contributed by atoms with van der Waals surface area (Å²) in [5.74, 6) is 0.775. The summed E-state index contributed by atoms with van der Waals surface area (Å²) in [6.07, 6.45) is 1.98. The minimum atomic E-state index is -0.466. The van der Waals surface area contributed by atoms with Gasteiger partial charge in [0, 0.05) is 30.4 Å². The van der Waals surface area contributed by atoms with Crippen LogP contribution in [-0.4, -0.2) is 29.0 Å². The lowest BCUT2D eigenvalue weighted by Gasteiger charge is -2.23. The highest BCUT2D eigenvalue weighted by Gasteiger charge is 2.32. The minimum absolute atomic E-state index is 0.00437. The molecule has 2 aromatic rings. The number of nitrogens with zero attached hydrogens (tertiary/aromatic N) is 2. The Bertz CT molecular complexity index is 755. The number of amides is 2. The van der Waals surface area contributed by atoms with Crippen LogP contribution in [0.25, 0.3) is 0 Å². The van der Waals surface area contributed by atoms with Crippen LogP contribution in [0.1, 0.15) is 18.4 Å². The largest absolute Gasteiger partial charge is 0.497 e. The SMILES string of the molecule is COc1ccc(CN(C(=O)Nc2ccc([N+](=O)[O-])cc2)C2CC2)cc1. The number of nitro groups is 1. The van der Waals surface area contributed by atoms with Gasteiger partial charge in [-0.3, -0.25) is 10.1 Å². The number of nitro benzene ring substituents is 1. The zero-order chi connectivity index (χ0) is 17.8. The van der Waals surface area contributed by atoms with Gasteiger partial charge >= 0.3 is 6.03 Å². The molecule has 130 valence electrons. The molecule has 0 saturated heterocycles. The Morgan fingerprint density at radius 2 is 1.84 bits per heavy atom. The summed E-state index contributed by atoms with van der Waals surface area (Å²) in [5, 5.41) is 13.5. The molecule has 0 spiro atoms. The molecule has 2 aromatic carbocycles. The molecule has 0 bridgehead atoms. The van der Waals surface area contributed by atoms with E-state index in [9.17, 15) is 14.9 Å². The molecule has 1 fully saturated rings. The molecule has 3 rings (SSSR count). The molecule has 1 aliphatic rings. The van der Waals surface area contributed by atoms with E-state index in [4.69, 9.17) is 4.74 Å². The smallest absolute Gasteiger partial charge is 0.322 e. The lowest BCUT2D eigenvalue weighted by atomic mass is 10.2. The second kappa shape index (κ2) is 7.21. The van der Waals surface area contributed by atoms with E-state index < -0.39 is 4.92 Å². The van der Waals surface area contributed by atoms with Gasteiger partial charge in [-0.15, -0.1) is 0 Å². The van der Waals surface area contributed by atoms with E-state index in [-0.39, 0.29) is 17.8 Å². The summed E-state index contributed by atoms with van der Waals surface area (Å²) in [6, 6.07) is 13.5. The van der Waals surface area contributed by atoms with Gasteiger partial charge in [0.05, 0.1) is 12.0 Å². The summed E-state index contributed by atoms with van der Waals surface area (Å²) >= 11 is 0. The van der Waals surface area contributed by atoms with Crippen molar-refractivity contribution in [3.05, 3.63) is 64.2 Å². The van der Waals surface area contributed by atoms with Crippen LogP contribution in [0.2, 0.25) is 0 Å². The average Bonchev–Trinajstić information content (AvgIpc) is 3.45. The highest BCUT2D eigenvalue weighted by molar-refractivity contribution is 5.89. The number of hydrogen-bond donors (Lipinski definition) is 1. The minimum Gasteiger partial charge on any atom is -0.497 e. The Morgan fingerprint density at radius 1 is 1.20 bits per heavy atom. The summed E-state index contributed by atoms with van der Waals surface area (Å²) in [7, 11) is 1.61. The normalized spacial score (nSPS) is 13.2. The third-order valence-electron chi connectivity index (χ3n) is 4.09. The van der Waals surface area contributed by atoms with E-state index in [1.54, 1.807) is 12.0 Å². The first kappa shape index (κ1) is 16.8. The molecule has 0 aromatic heterocycles. The molecule has 0 heterocycles. The first-order chi connectivity index (χ1) is 12.1. The molecule has 1 saturated carbocycles. The molecule has 7 heteroatoms. The topological polar surface area (TPSA) is 84.7 Å². The number of anilines is 1. The van der Waals surface area contributed by atoms with Gasteiger partial charge in [-0.2, -0.15) is 0 Å². The van der Waals surface area contributed by atoms with E-state index in [0.29, 0.717) is 12.2 Å². The molecule has 1 aliphatic carbocycles. The lowest BCUT2D eigenvalue weighted by molar-refractivity contribution is -0.384. The van der Waals surface area contributed by atoms with Gasteiger partial charge in [-0.05, 0) is 42.7 Å². The monoisotopic (exact) mass is 341 g/mol. The number of nitrogens with one attached hydrogen (secondary N) is 1. The molecule has 0 radical (unpaired) electrons. The Balaban J connectivity index is 1.67. The zero-order valence-electron chi connectivity index (χ0n) is 13.8. The number of methoxy groups -OCH3 is 1. The van der Waals surface area contributed by atoms with Gasteiger partial charge in [0.1, 0.15) is 5.75 Å². The fourth-order valence-corrected chi connectivity index (χ4v) is 2.54. The van der Waals surface area contributed by atoms with Crippen molar-refractivity contribution in [2.24, 2.45) is 0 Å². The fraction of sp³-hybridized carbons (Fsp3) is 0.278. The van der Waals surface area contributed by atoms with Crippen LogP contribution in [0.5, 0.6) is 5.75 Å². The van der Waals surface area contributed by atoms with Crippen LogP contribution in [0.15, 0.2) is 48.5 Å². The predicted octanol–water partition coefficient (Wildman–Crippen LogP) is 3.80. The van der Waals surface area contributed by atoms with Crippen molar-refractivity contribution in [2.75, 3.05) is 12.4 Å². The van der Waals surface area contributed by atoms with Crippen LogP contribution in [0.4, 0.5) is 16.2 Å². The van der Waals surface area contributed by atoms with Crippen LogP contribution >= 0.6 is 0 Å². The average molecular weight is 341 g/mol. The maximum absolute atomic E-state index is 12.6. The van der Waals surface area contributed by atoms with Crippen molar-refractivity contribution in [1.29, 1.82) is 0 Å². The molecule has 7 nitrogen and oxygen atoms in total. The molecule has 0 aliphatic heterocycles. The Hall–Kier alpha value is -3.09. The number of non-ortho nitro benzene ring substituents is 1. The van der Waals surface area contributed by atoms with Crippen LogP contribution in [0, 0.1) is 10.1 Å². The number of carbonyl (C=O) groups is 1. The van der Waals surface area contributed by atoms with Crippen LogP contribution < -0.4 is 10.1 Å². The number of benzene rings is 2. The highest BCUT2D eigenvalue weighted by atomic mass is 16.6. The second-order valence-corrected chi connectivity index (χ2v) is 5.94. The zero-order valence-corrected chi connectivity index (χ0v) is 13.8. The van der Waals surface area contributed by atoms with Gasteiger partial charge in [0.25, 0.3) is 5.69 Å². The van der Waals surface area contributed by atoms with E-state index in [0.717, 1.165) is 24.2 Å². The summed E-state index contributed by atoms with van der Waals surface area (Å²) < 4.78 is 5.15. The molecule has 25 heavy (non-hydrogen) atoms. The van der Waals surface area contributed by atoms with Crippen LogP contribution in [0.3, 0.4) is 0 Å². The summed E-state index contributed by atoms with van der Waals surface area (Å²) in [6.45, 7) is 0.507. The first-order valence-corrected chi connectivity index (χ1v) is 8.02. The standard InChI is InChI=1S/C18H19N3O4/c1-25-17-10-2-13(3-11-17)12-20(15-8-9-15)18(22)19-14-4-6-16(7-5-14)21(23)24/h2-7,10-11,15H,8-9,12H2,1H3,(H,19,22). The molecule has 0 atom stereocenters. The van der Waals surface area contributed by atoms with Crippen molar-refractivity contribution in [3.63, 3.8) is 0 Å². The van der Waals surface area contributed by atoms with Gasteiger partial charge in [0.15, 0.2) is 0 Å². The number of carbonyl (C=O) groups excluding carboxylic acids is 1. The molecule has 1 N–H and O–H groups in total. The van der Waals surface area contributed by atoms with Gasteiger partial charge in [-0.1, -0.05) is 12.1 Å². The quantitative estimate of drug-likeness (QED) is 0.640. The maximum atomic E-state index is 12.6. The molecular weight excluding hydrogens is 322 g/mol. The van der Waals surface area contributed by atoms with E-state index in [1.807, 2.05) is 24.3 Å². The van der Waals surface area contributed by atoms with E-state index >= 15 is 0 Å². The molecular formula is C18H19N3O4. The highest BCUT2D eigenvalue weighted by Crippen LogP contribution is 2.29. The Kier molecular flexibility index (Phi) is 4.83. The molecule has 2 amide bonds. The summed E-state index contributed by atoms with van der Waals surface area (Å²) in [4.78, 5) is 24.6. The number of hydrogen-bond acceptors (Lipinski definition) is 4. The maximum Gasteiger partial charge on any atom is 0.322 e. The second-order valence-electron chi connectivity index (χ2n) is 5.94. The number of ether oxygens (including phenoxy) is 1. The van der Waals surface area contributed by atoms with Crippen molar-refractivity contribution in [3.8, 4) is 5.75 Å². The number of urea groups is 1. The van der Waals surface area contributed by atoms with Crippen LogP contribution in [-0.2, 0) is 6.54 Å². The lowest BCUT2D eigenvalue weighted by Crippen LogP contribution is -2.36. The predicted molar refractivity (Wildman–Crippen MR) is 93.7 cm³/mol. The van der Waals surface area contributed by atoms with Crippen molar-refractivity contribution < 1.29 is 14.5 Å². The molecule has 0 unspecified atom stereocenters. The Labute approximate surface area is 145 Å². The van der Waals surface area contributed by atoms with Crippen molar-refractivity contribution in [2.45, 2.75) is 25.4 Å². The third kappa shape index (κ3) is 4.26. The first-order valence-electron chi connectivity index (χ1n) is 8.02. The van der Waals surface area contributed by atoms with E-state index in [1.165, 1.54) is 24.3 Å². The van der Waals surface area contributed by atoms with Gasteiger partial charge < -0.3 is 15.0 Å².